The van der Waals surface area contributed by atoms with E-state index in [1.807, 2.05) is 24.3 Å². The Morgan fingerprint density at radius 3 is 2.36 bits per heavy atom. The fraction of sp³-hybridized carbons (Fsp3) is 0.409. The topological polar surface area (TPSA) is 41.6 Å². The minimum Gasteiger partial charge on any atom is -0.489 e. The van der Waals surface area contributed by atoms with E-state index in [9.17, 15) is 4.79 Å². The van der Waals surface area contributed by atoms with E-state index in [0.717, 1.165) is 37.5 Å². The van der Waals surface area contributed by atoms with Gasteiger partial charge in [0.05, 0.1) is 5.92 Å². The Balaban J connectivity index is 1.42. The van der Waals surface area contributed by atoms with Crippen LogP contribution in [0, 0.1) is 11.8 Å². The molecule has 1 fully saturated rings. The number of likely N-dealkylation sites (tertiary alicyclic amines) is 1. The fourth-order valence-electron chi connectivity index (χ4n) is 3.12. The van der Waals surface area contributed by atoms with Crippen molar-refractivity contribution in [2.75, 3.05) is 19.6 Å². The Labute approximate surface area is 176 Å². The van der Waals surface area contributed by atoms with E-state index in [1.165, 1.54) is 5.56 Å². The third-order valence-electron chi connectivity index (χ3n) is 4.67. The molecule has 0 bridgehead atoms. The molecular formula is C22H26Cl2N2O2. The summed E-state index contributed by atoms with van der Waals surface area (Å²) >= 11 is 12.0. The van der Waals surface area contributed by atoms with Gasteiger partial charge in [-0.3, -0.25) is 9.69 Å². The molecule has 0 spiro atoms. The van der Waals surface area contributed by atoms with Crippen LogP contribution in [0.5, 0.6) is 5.75 Å². The molecular weight excluding hydrogens is 395 g/mol. The number of hydrogen-bond donors (Lipinski definition) is 1. The summed E-state index contributed by atoms with van der Waals surface area (Å²) in [6.07, 6.45) is 0. The second kappa shape index (κ2) is 9.64. The van der Waals surface area contributed by atoms with Crippen LogP contribution in [0.2, 0.25) is 10.0 Å². The van der Waals surface area contributed by atoms with Crippen LogP contribution in [0.4, 0.5) is 0 Å². The van der Waals surface area contributed by atoms with Gasteiger partial charge in [0.25, 0.3) is 0 Å². The van der Waals surface area contributed by atoms with Crippen LogP contribution >= 0.6 is 23.2 Å². The van der Waals surface area contributed by atoms with Crippen molar-refractivity contribution >= 4 is 29.1 Å². The largest absolute Gasteiger partial charge is 0.489 e. The maximum absolute atomic E-state index is 12.0. The van der Waals surface area contributed by atoms with Crippen molar-refractivity contribution in [2.45, 2.75) is 27.0 Å². The van der Waals surface area contributed by atoms with Crippen LogP contribution < -0.4 is 10.1 Å². The second-order valence-electron chi connectivity index (χ2n) is 7.74. The van der Waals surface area contributed by atoms with E-state index in [2.05, 4.69) is 36.2 Å². The van der Waals surface area contributed by atoms with Gasteiger partial charge in [0.15, 0.2) is 0 Å². The summed E-state index contributed by atoms with van der Waals surface area (Å²) < 4.78 is 5.81. The summed E-state index contributed by atoms with van der Waals surface area (Å²) in [5, 5.41) is 4.22. The Morgan fingerprint density at radius 1 is 1.11 bits per heavy atom. The van der Waals surface area contributed by atoms with Gasteiger partial charge in [-0.1, -0.05) is 49.2 Å². The quantitative estimate of drug-likeness (QED) is 0.667. The van der Waals surface area contributed by atoms with Crippen LogP contribution in [0.1, 0.15) is 25.0 Å². The number of carbonyl (C=O) groups excluding carboxylic acids is 1. The van der Waals surface area contributed by atoms with Crippen molar-refractivity contribution in [2.24, 2.45) is 11.8 Å². The van der Waals surface area contributed by atoms with Crippen molar-refractivity contribution in [3.8, 4) is 5.75 Å². The first-order valence-electron chi connectivity index (χ1n) is 9.56. The van der Waals surface area contributed by atoms with Gasteiger partial charge in [-0.2, -0.15) is 0 Å². The minimum absolute atomic E-state index is 0.117. The average Bonchev–Trinajstić information content (AvgIpc) is 2.61. The van der Waals surface area contributed by atoms with Crippen molar-refractivity contribution in [1.29, 1.82) is 0 Å². The molecule has 0 aromatic heterocycles. The first-order chi connectivity index (χ1) is 13.4. The van der Waals surface area contributed by atoms with Gasteiger partial charge < -0.3 is 10.1 Å². The van der Waals surface area contributed by atoms with Gasteiger partial charge >= 0.3 is 0 Å². The predicted molar refractivity (Wildman–Crippen MR) is 114 cm³/mol. The molecule has 6 heteroatoms. The van der Waals surface area contributed by atoms with Crippen molar-refractivity contribution < 1.29 is 9.53 Å². The summed E-state index contributed by atoms with van der Waals surface area (Å²) in [5.74, 6) is 1.58. The van der Waals surface area contributed by atoms with E-state index in [-0.39, 0.29) is 11.8 Å². The number of hydrogen-bond acceptors (Lipinski definition) is 3. The van der Waals surface area contributed by atoms with Gasteiger partial charge in [0.2, 0.25) is 5.91 Å². The van der Waals surface area contributed by atoms with E-state index >= 15 is 0 Å². The van der Waals surface area contributed by atoms with Crippen LogP contribution in [0.15, 0.2) is 42.5 Å². The summed E-state index contributed by atoms with van der Waals surface area (Å²) in [6, 6.07) is 13.5. The normalized spacial score (nSPS) is 14.8. The molecule has 1 amide bonds. The first kappa shape index (κ1) is 21.0. The number of ether oxygens (including phenoxy) is 1. The van der Waals surface area contributed by atoms with Crippen molar-refractivity contribution in [3.63, 3.8) is 0 Å². The van der Waals surface area contributed by atoms with Gasteiger partial charge in [-0.15, -0.1) is 0 Å². The number of nitrogens with one attached hydrogen (secondary N) is 1. The molecule has 0 unspecified atom stereocenters. The maximum atomic E-state index is 12.0. The summed E-state index contributed by atoms with van der Waals surface area (Å²) in [4.78, 5) is 14.3. The average molecular weight is 421 g/mol. The Kier molecular flexibility index (Phi) is 7.22. The van der Waals surface area contributed by atoms with Gasteiger partial charge in [0, 0.05) is 36.2 Å². The van der Waals surface area contributed by atoms with Gasteiger partial charge in [0.1, 0.15) is 12.4 Å². The molecule has 1 saturated heterocycles. The molecule has 1 N–H and O–H groups in total. The number of rotatable bonds is 8. The number of carbonyl (C=O) groups is 1. The van der Waals surface area contributed by atoms with Gasteiger partial charge in [-0.05, 0) is 47.4 Å². The highest BCUT2D eigenvalue weighted by Gasteiger charge is 2.32. The lowest BCUT2D eigenvalue weighted by atomic mass is 9.98. The number of halogens is 2. The molecule has 2 aromatic carbocycles. The summed E-state index contributed by atoms with van der Waals surface area (Å²) in [6.45, 7) is 7.85. The Morgan fingerprint density at radius 2 is 1.75 bits per heavy atom. The van der Waals surface area contributed by atoms with Crippen LogP contribution in [-0.4, -0.2) is 30.4 Å². The second-order valence-corrected chi connectivity index (χ2v) is 8.61. The molecule has 0 radical (unpaired) electrons. The standard InChI is InChI=1S/C22H26Cl2N2O2/c1-15(2)10-25-22(27)18-12-26(13-18)11-16-3-5-21(6-4-16)28-14-17-7-19(23)9-20(24)8-17/h3-9,15,18H,10-14H2,1-2H3,(H,25,27). The monoisotopic (exact) mass is 420 g/mol. The van der Waals surface area contributed by atoms with Crippen molar-refractivity contribution in [1.82, 2.24) is 10.2 Å². The SMILES string of the molecule is CC(C)CNC(=O)C1CN(Cc2ccc(OCc3cc(Cl)cc(Cl)c3)cc2)C1. The molecule has 1 aliphatic heterocycles. The highest BCUT2D eigenvalue weighted by Crippen LogP contribution is 2.23. The zero-order valence-electron chi connectivity index (χ0n) is 16.3. The predicted octanol–water partition coefficient (Wildman–Crippen LogP) is 4.78. The third kappa shape index (κ3) is 6.13. The van der Waals surface area contributed by atoms with Crippen LogP contribution in [0.25, 0.3) is 0 Å². The summed E-state index contributed by atoms with van der Waals surface area (Å²) in [7, 11) is 0. The highest BCUT2D eigenvalue weighted by atomic mass is 35.5. The fourth-order valence-corrected chi connectivity index (χ4v) is 3.70. The molecule has 4 nitrogen and oxygen atoms in total. The van der Waals surface area contributed by atoms with Crippen molar-refractivity contribution in [3.05, 3.63) is 63.6 Å². The number of nitrogens with zero attached hydrogens (tertiary/aromatic N) is 1. The zero-order chi connectivity index (χ0) is 20.1. The third-order valence-corrected chi connectivity index (χ3v) is 5.11. The van der Waals surface area contributed by atoms with E-state index in [4.69, 9.17) is 27.9 Å². The lowest BCUT2D eigenvalue weighted by molar-refractivity contribution is -0.130. The summed E-state index contributed by atoms with van der Waals surface area (Å²) in [5.41, 5.74) is 2.14. The molecule has 0 saturated carbocycles. The molecule has 1 aliphatic rings. The molecule has 28 heavy (non-hydrogen) atoms. The van der Waals surface area contributed by atoms with Gasteiger partial charge in [-0.25, -0.2) is 0 Å². The lowest BCUT2D eigenvalue weighted by Crippen LogP contribution is -2.53. The number of benzene rings is 2. The smallest absolute Gasteiger partial charge is 0.225 e. The molecule has 3 rings (SSSR count). The Hall–Kier alpha value is -1.75. The van der Waals surface area contributed by atoms with E-state index in [1.54, 1.807) is 6.07 Å². The molecule has 0 aliphatic carbocycles. The van der Waals surface area contributed by atoms with Crippen LogP contribution in [0.3, 0.4) is 0 Å². The lowest BCUT2D eigenvalue weighted by Gasteiger charge is -2.38. The molecule has 0 atom stereocenters. The molecule has 1 heterocycles. The van der Waals surface area contributed by atoms with E-state index in [0.29, 0.717) is 22.6 Å². The Bertz CT molecular complexity index is 782. The zero-order valence-corrected chi connectivity index (χ0v) is 17.8. The molecule has 150 valence electrons. The minimum atomic E-state index is 0.117. The van der Waals surface area contributed by atoms with E-state index < -0.39 is 0 Å². The number of amides is 1. The highest BCUT2D eigenvalue weighted by molar-refractivity contribution is 6.34. The van der Waals surface area contributed by atoms with Crippen LogP contribution in [-0.2, 0) is 17.9 Å². The molecule has 2 aromatic rings. The maximum Gasteiger partial charge on any atom is 0.225 e. The first-order valence-corrected chi connectivity index (χ1v) is 10.3.